The highest BCUT2D eigenvalue weighted by molar-refractivity contribution is 9.10. The molecule has 0 radical (unpaired) electrons. The van der Waals surface area contributed by atoms with Crippen molar-refractivity contribution in [2.75, 3.05) is 6.61 Å². The maximum atomic E-state index is 11.5. The topological polar surface area (TPSA) is 52.6 Å². The summed E-state index contributed by atoms with van der Waals surface area (Å²) in [6.45, 7) is 2.33. The van der Waals surface area contributed by atoms with Gasteiger partial charge in [-0.15, -0.1) is 0 Å². The van der Waals surface area contributed by atoms with Crippen LogP contribution in [0.15, 0.2) is 27.6 Å². The molecule has 0 saturated carbocycles. The Morgan fingerprint density at radius 2 is 2.21 bits per heavy atom. The number of rotatable bonds is 4. The Balaban J connectivity index is 2.12. The molecule has 1 aliphatic heterocycles. The van der Waals surface area contributed by atoms with Crippen LogP contribution in [-0.4, -0.2) is 27.2 Å². The number of hydrogen-bond acceptors (Lipinski definition) is 4. The third kappa shape index (κ3) is 4.08. The van der Waals surface area contributed by atoms with Gasteiger partial charge in [0.25, 0.3) is 9.05 Å². The molecule has 1 aromatic rings. The lowest BCUT2D eigenvalue weighted by molar-refractivity contribution is 0.0258. The second-order valence-corrected chi connectivity index (χ2v) is 7.94. The summed E-state index contributed by atoms with van der Waals surface area (Å²) in [5.74, 6) is 0.251. The lowest BCUT2D eigenvalue weighted by atomic mass is 10.2. The number of ether oxygens (including phenoxy) is 2. The van der Waals surface area contributed by atoms with Gasteiger partial charge in [0.1, 0.15) is 17.3 Å². The average molecular weight is 370 g/mol. The van der Waals surface area contributed by atoms with Crippen molar-refractivity contribution in [1.29, 1.82) is 0 Å². The Kier molecular flexibility index (Phi) is 4.76. The van der Waals surface area contributed by atoms with Crippen LogP contribution in [0.25, 0.3) is 0 Å². The first-order valence-electron chi connectivity index (χ1n) is 5.89. The summed E-state index contributed by atoms with van der Waals surface area (Å²) in [4.78, 5) is -0.0328. The van der Waals surface area contributed by atoms with Gasteiger partial charge >= 0.3 is 0 Å². The number of hydrogen-bond donors (Lipinski definition) is 0. The molecule has 1 heterocycles. The van der Waals surface area contributed by atoms with E-state index in [0.717, 1.165) is 12.8 Å². The monoisotopic (exact) mass is 368 g/mol. The molecule has 0 aliphatic carbocycles. The molecular weight excluding hydrogens is 356 g/mol. The van der Waals surface area contributed by atoms with Gasteiger partial charge in [-0.25, -0.2) is 8.42 Å². The molecule has 2 atom stereocenters. The molecule has 1 fully saturated rings. The van der Waals surface area contributed by atoms with Gasteiger partial charge in [-0.3, -0.25) is 0 Å². The van der Waals surface area contributed by atoms with E-state index < -0.39 is 9.05 Å². The Morgan fingerprint density at radius 1 is 1.47 bits per heavy atom. The highest BCUT2D eigenvalue weighted by Crippen LogP contribution is 2.30. The molecular formula is C12H14BrClO4S. The summed E-state index contributed by atoms with van der Waals surface area (Å²) in [6, 6.07) is 4.71. The van der Waals surface area contributed by atoms with Crippen LogP contribution in [0.5, 0.6) is 5.75 Å². The molecule has 0 spiro atoms. The lowest BCUT2D eigenvalue weighted by Crippen LogP contribution is -2.18. The minimum Gasteiger partial charge on any atom is -0.489 e. The first-order chi connectivity index (χ1) is 8.86. The molecule has 0 N–H and O–H groups in total. The lowest BCUT2D eigenvalue weighted by Gasteiger charge is -2.14. The van der Waals surface area contributed by atoms with Crippen LogP contribution in [0.4, 0.5) is 0 Å². The predicted molar refractivity (Wildman–Crippen MR) is 76.2 cm³/mol. The van der Waals surface area contributed by atoms with Crippen molar-refractivity contribution in [2.45, 2.75) is 36.9 Å². The summed E-state index contributed by atoms with van der Waals surface area (Å²) in [5.41, 5.74) is 0. The van der Waals surface area contributed by atoms with Crippen LogP contribution in [0, 0.1) is 0 Å². The SMILES string of the molecule is CC1CCC(COc2ccc(Br)cc2S(=O)(=O)Cl)O1. The Morgan fingerprint density at radius 3 is 2.79 bits per heavy atom. The van der Waals surface area contributed by atoms with E-state index in [1.165, 1.54) is 6.07 Å². The van der Waals surface area contributed by atoms with Crippen molar-refractivity contribution >= 4 is 35.7 Å². The predicted octanol–water partition coefficient (Wildman–Crippen LogP) is 3.32. The van der Waals surface area contributed by atoms with Gasteiger partial charge < -0.3 is 9.47 Å². The van der Waals surface area contributed by atoms with Gasteiger partial charge in [0.2, 0.25) is 0 Å². The second-order valence-electron chi connectivity index (χ2n) is 4.49. The summed E-state index contributed by atoms with van der Waals surface area (Å²) < 4.78 is 34.8. The van der Waals surface area contributed by atoms with Crippen LogP contribution in [0.1, 0.15) is 19.8 Å². The summed E-state index contributed by atoms with van der Waals surface area (Å²) in [7, 11) is 1.56. The molecule has 1 saturated heterocycles. The van der Waals surface area contributed by atoms with E-state index in [-0.39, 0.29) is 22.9 Å². The Bertz CT molecular complexity index is 561. The van der Waals surface area contributed by atoms with E-state index in [2.05, 4.69) is 15.9 Å². The van der Waals surface area contributed by atoms with Gasteiger partial charge in [0.05, 0.1) is 12.2 Å². The molecule has 106 valence electrons. The molecule has 19 heavy (non-hydrogen) atoms. The van der Waals surface area contributed by atoms with Gasteiger partial charge in [0, 0.05) is 15.2 Å². The van der Waals surface area contributed by atoms with E-state index in [1.807, 2.05) is 6.92 Å². The molecule has 7 heteroatoms. The minimum absolute atomic E-state index is 0.00419. The van der Waals surface area contributed by atoms with E-state index in [4.69, 9.17) is 20.2 Å². The fourth-order valence-electron chi connectivity index (χ4n) is 1.98. The van der Waals surface area contributed by atoms with Crippen LogP contribution in [-0.2, 0) is 13.8 Å². The van der Waals surface area contributed by atoms with E-state index in [1.54, 1.807) is 12.1 Å². The highest BCUT2D eigenvalue weighted by atomic mass is 79.9. The fourth-order valence-corrected chi connectivity index (χ4v) is 3.49. The Hall–Kier alpha value is -0.300. The maximum absolute atomic E-state index is 11.5. The summed E-state index contributed by atoms with van der Waals surface area (Å²) >= 11 is 3.21. The molecule has 0 aromatic heterocycles. The van der Waals surface area contributed by atoms with Gasteiger partial charge in [-0.1, -0.05) is 15.9 Å². The average Bonchev–Trinajstić information content (AvgIpc) is 2.72. The second kappa shape index (κ2) is 5.99. The van der Waals surface area contributed by atoms with Crippen molar-refractivity contribution < 1.29 is 17.9 Å². The number of benzene rings is 1. The zero-order valence-corrected chi connectivity index (χ0v) is 13.5. The zero-order chi connectivity index (χ0) is 14.0. The normalized spacial score (nSPS) is 23.5. The van der Waals surface area contributed by atoms with Crippen molar-refractivity contribution in [3.8, 4) is 5.75 Å². The first-order valence-corrected chi connectivity index (χ1v) is 8.99. The van der Waals surface area contributed by atoms with Crippen molar-refractivity contribution in [3.63, 3.8) is 0 Å². The standard InChI is InChI=1S/C12H14BrClO4S/c1-8-2-4-10(18-8)7-17-11-5-3-9(13)6-12(11)19(14,15)16/h3,5-6,8,10H,2,4,7H2,1H3. The van der Waals surface area contributed by atoms with Crippen LogP contribution >= 0.6 is 26.6 Å². The van der Waals surface area contributed by atoms with Crippen LogP contribution in [0.3, 0.4) is 0 Å². The van der Waals surface area contributed by atoms with Gasteiger partial charge in [-0.05, 0) is 38.0 Å². The van der Waals surface area contributed by atoms with Crippen molar-refractivity contribution in [1.82, 2.24) is 0 Å². The molecule has 0 amide bonds. The van der Waals surface area contributed by atoms with Crippen molar-refractivity contribution in [3.05, 3.63) is 22.7 Å². The number of halogens is 2. The van der Waals surface area contributed by atoms with Crippen LogP contribution in [0.2, 0.25) is 0 Å². The molecule has 4 nitrogen and oxygen atoms in total. The third-order valence-electron chi connectivity index (χ3n) is 2.91. The largest absolute Gasteiger partial charge is 0.489 e. The van der Waals surface area contributed by atoms with E-state index in [0.29, 0.717) is 11.1 Å². The summed E-state index contributed by atoms with van der Waals surface area (Å²) in [6.07, 6.45) is 2.15. The van der Waals surface area contributed by atoms with Crippen molar-refractivity contribution in [2.24, 2.45) is 0 Å². The third-order valence-corrected chi connectivity index (χ3v) is 4.75. The smallest absolute Gasteiger partial charge is 0.265 e. The maximum Gasteiger partial charge on any atom is 0.265 e. The quantitative estimate of drug-likeness (QED) is 0.764. The highest BCUT2D eigenvalue weighted by Gasteiger charge is 2.24. The summed E-state index contributed by atoms with van der Waals surface area (Å²) in [5, 5.41) is 0. The fraction of sp³-hybridized carbons (Fsp3) is 0.500. The van der Waals surface area contributed by atoms with E-state index >= 15 is 0 Å². The van der Waals surface area contributed by atoms with Crippen LogP contribution < -0.4 is 4.74 Å². The van der Waals surface area contributed by atoms with Gasteiger partial charge in [0.15, 0.2) is 0 Å². The van der Waals surface area contributed by atoms with E-state index in [9.17, 15) is 8.42 Å². The molecule has 2 unspecified atom stereocenters. The molecule has 0 bridgehead atoms. The molecule has 2 rings (SSSR count). The molecule has 1 aromatic carbocycles. The first kappa shape index (κ1) is 15.1. The minimum atomic E-state index is -3.84. The Labute approximate surface area is 125 Å². The van der Waals surface area contributed by atoms with Gasteiger partial charge in [-0.2, -0.15) is 0 Å². The molecule has 1 aliphatic rings. The zero-order valence-electron chi connectivity index (χ0n) is 10.3.